The van der Waals surface area contributed by atoms with Crippen LogP contribution in [-0.2, 0) is 16.4 Å². The molecule has 0 aliphatic carbocycles. The van der Waals surface area contributed by atoms with Crippen LogP contribution in [0.25, 0.3) is 10.9 Å². The van der Waals surface area contributed by atoms with Crippen LogP contribution in [0.5, 0.6) is 0 Å². The summed E-state index contributed by atoms with van der Waals surface area (Å²) in [4.78, 5) is 3.40. The maximum atomic E-state index is 12.4. The molecule has 3 aromatic rings. The van der Waals surface area contributed by atoms with Crippen LogP contribution in [-0.4, -0.2) is 19.9 Å². The fourth-order valence-electron chi connectivity index (χ4n) is 2.64. The number of fused-ring (bicyclic) bond motifs is 1. The Hall–Kier alpha value is -1.82. The molecular formula is C18H19ClN2O2S. The first kappa shape index (κ1) is 17.0. The molecule has 6 heteroatoms. The highest BCUT2D eigenvalue weighted by atomic mass is 35.5. The van der Waals surface area contributed by atoms with Crippen LogP contribution in [0, 0.1) is 13.8 Å². The van der Waals surface area contributed by atoms with Crippen molar-refractivity contribution in [3.8, 4) is 0 Å². The second-order valence-corrected chi connectivity index (χ2v) is 8.10. The van der Waals surface area contributed by atoms with E-state index in [1.165, 1.54) is 11.6 Å². The molecule has 1 aromatic heterocycles. The summed E-state index contributed by atoms with van der Waals surface area (Å²) in [5, 5.41) is 1.58. The van der Waals surface area contributed by atoms with Gasteiger partial charge in [-0.2, -0.15) is 0 Å². The number of hydrogen-bond acceptors (Lipinski definition) is 2. The summed E-state index contributed by atoms with van der Waals surface area (Å²) in [6, 6.07) is 10.9. The van der Waals surface area contributed by atoms with Crippen molar-refractivity contribution in [2.75, 3.05) is 6.54 Å². The van der Waals surface area contributed by atoms with E-state index in [1.54, 1.807) is 12.1 Å². The number of benzene rings is 2. The highest BCUT2D eigenvalue weighted by Crippen LogP contribution is 2.21. The first-order valence-corrected chi connectivity index (χ1v) is 9.55. The van der Waals surface area contributed by atoms with Gasteiger partial charge in [-0.05, 0) is 55.7 Å². The first-order valence-electron chi connectivity index (χ1n) is 7.69. The van der Waals surface area contributed by atoms with Crippen molar-refractivity contribution in [3.63, 3.8) is 0 Å². The Morgan fingerprint density at radius 2 is 1.92 bits per heavy atom. The Balaban J connectivity index is 1.72. The molecule has 0 radical (unpaired) electrons. The molecule has 0 saturated heterocycles. The zero-order chi connectivity index (χ0) is 17.3. The number of nitrogens with one attached hydrogen (secondary N) is 2. The van der Waals surface area contributed by atoms with Gasteiger partial charge in [-0.15, -0.1) is 0 Å². The first-order chi connectivity index (χ1) is 11.4. The number of rotatable bonds is 5. The topological polar surface area (TPSA) is 62.0 Å². The quantitative estimate of drug-likeness (QED) is 0.721. The molecule has 0 atom stereocenters. The van der Waals surface area contributed by atoms with Crippen molar-refractivity contribution < 1.29 is 8.42 Å². The van der Waals surface area contributed by atoms with E-state index >= 15 is 0 Å². The lowest BCUT2D eigenvalue weighted by molar-refractivity contribution is 0.581. The highest BCUT2D eigenvalue weighted by molar-refractivity contribution is 7.89. The zero-order valence-electron chi connectivity index (χ0n) is 13.6. The molecule has 0 aliphatic rings. The summed E-state index contributed by atoms with van der Waals surface area (Å²) < 4.78 is 27.4. The summed E-state index contributed by atoms with van der Waals surface area (Å²) in [5.41, 5.74) is 4.19. The molecule has 4 nitrogen and oxygen atoms in total. The van der Waals surface area contributed by atoms with E-state index in [2.05, 4.69) is 15.8 Å². The van der Waals surface area contributed by atoms with E-state index in [0.717, 1.165) is 22.0 Å². The Bertz CT molecular complexity index is 993. The molecule has 0 spiro atoms. The van der Waals surface area contributed by atoms with Gasteiger partial charge in [-0.1, -0.05) is 29.3 Å². The third kappa shape index (κ3) is 3.48. The molecule has 0 fully saturated rings. The molecule has 24 heavy (non-hydrogen) atoms. The number of aryl methyl sites for hydroxylation is 2. The third-order valence-electron chi connectivity index (χ3n) is 4.06. The van der Waals surface area contributed by atoms with Gasteiger partial charge in [0.05, 0.1) is 4.90 Å². The monoisotopic (exact) mass is 362 g/mol. The van der Waals surface area contributed by atoms with Crippen LogP contribution in [0.2, 0.25) is 5.02 Å². The van der Waals surface area contributed by atoms with Gasteiger partial charge < -0.3 is 4.98 Å². The highest BCUT2D eigenvalue weighted by Gasteiger charge is 2.15. The van der Waals surface area contributed by atoms with Crippen molar-refractivity contribution in [1.29, 1.82) is 0 Å². The molecular weight excluding hydrogens is 344 g/mol. The van der Waals surface area contributed by atoms with Crippen LogP contribution in [0.3, 0.4) is 0 Å². The van der Waals surface area contributed by atoms with Gasteiger partial charge in [0.25, 0.3) is 0 Å². The van der Waals surface area contributed by atoms with Crippen LogP contribution in [0.1, 0.15) is 16.7 Å². The van der Waals surface area contributed by atoms with Gasteiger partial charge in [0.1, 0.15) is 0 Å². The van der Waals surface area contributed by atoms with E-state index < -0.39 is 10.0 Å². The van der Waals surface area contributed by atoms with Crippen molar-refractivity contribution in [1.82, 2.24) is 9.71 Å². The van der Waals surface area contributed by atoms with Crippen molar-refractivity contribution in [2.24, 2.45) is 0 Å². The maximum absolute atomic E-state index is 12.4. The molecule has 2 aromatic carbocycles. The van der Waals surface area contributed by atoms with Crippen LogP contribution < -0.4 is 4.72 Å². The smallest absolute Gasteiger partial charge is 0.240 e. The lowest BCUT2D eigenvalue weighted by Crippen LogP contribution is -2.26. The predicted octanol–water partition coefficient (Wildman–Crippen LogP) is 3.96. The van der Waals surface area contributed by atoms with E-state index in [4.69, 9.17) is 11.6 Å². The van der Waals surface area contributed by atoms with Gasteiger partial charge >= 0.3 is 0 Å². The predicted molar refractivity (Wildman–Crippen MR) is 98.1 cm³/mol. The number of halogens is 1. The minimum Gasteiger partial charge on any atom is -0.361 e. The fourth-order valence-corrected chi connectivity index (χ4v) is 3.95. The molecule has 0 unspecified atom stereocenters. The molecule has 2 N–H and O–H groups in total. The molecule has 0 aliphatic heterocycles. The summed E-state index contributed by atoms with van der Waals surface area (Å²) in [7, 11) is -3.56. The lowest BCUT2D eigenvalue weighted by Gasteiger charge is -2.08. The minimum absolute atomic E-state index is 0.188. The average molecular weight is 363 g/mol. The molecule has 0 bridgehead atoms. The minimum atomic E-state index is -3.56. The standard InChI is InChI=1S/C18H19ClN2O2S/c1-12-3-6-18-16(9-12)14(11-20-18)7-8-21-24(22,23)15-5-4-13(2)17(19)10-15/h3-6,9-11,20-21H,7-8H2,1-2H3. The Kier molecular flexibility index (Phi) is 4.67. The number of H-pyrrole nitrogens is 1. The number of aromatic nitrogens is 1. The van der Waals surface area contributed by atoms with Crippen molar-refractivity contribution in [3.05, 3.63) is 64.3 Å². The number of hydrogen-bond donors (Lipinski definition) is 2. The molecule has 3 rings (SSSR count). The summed E-state index contributed by atoms with van der Waals surface area (Å²) in [6.07, 6.45) is 2.55. The Morgan fingerprint density at radius 1 is 1.12 bits per heavy atom. The second-order valence-electron chi connectivity index (χ2n) is 5.92. The Labute approximate surface area is 146 Å². The second kappa shape index (κ2) is 6.59. The van der Waals surface area contributed by atoms with E-state index in [9.17, 15) is 8.42 Å². The van der Waals surface area contributed by atoms with Crippen LogP contribution >= 0.6 is 11.6 Å². The van der Waals surface area contributed by atoms with Crippen molar-refractivity contribution in [2.45, 2.75) is 25.2 Å². The molecule has 1 heterocycles. The normalized spacial score (nSPS) is 12.0. The SMILES string of the molecule is Cc1ccc2[nH]cc(CCNS(=O)(=O)c3ccc(C)c(Cl)c3)c2c1. The van der Waals surface area contributed by atoms with Crippen molar-refractivity contribution >= 4 is 32.5 Å². The Morgan fingerprint density at radius 3 is 2.67 bits per heavy atom. The summed E-state index contributed by atoms with van der Waals surface area (Å²) in [6.45, 7) is 4.21. The zero-order valence-corrected chi connectivity index (χ0v) is 15.1. The number of aromatic amines is 1. The van der Waals surface area contributed by atoms with Crippen LogP contribution in [0.15, 0.2) is 47.5 Å². The molecule has 0 amide bonds. The third-order valence-corrected chi connectivity index (χ3v) is 5.93. The largest absolute Gasteiger partial charge is 0.361 e. The summed E-state index contributed by atoms with van der Waals surface area (Å²) >= 11 is 6.02. The van der Waals surface area contributed by atoms with Gasteiger partial charge in [0, 0.05) is 28.7 Å². The van der Waals surface area contributed by atoms with Gasteiger partial charge in [0.2, 0.25) is 10.0 Å². The summed E-state index contributed by atoms with van der Waals surface area (Å²) in [5.74, 6) is 0. The average Bonchev–Trinajstić information content (AvgIpc) is 2.92. The van der Waals surface area contributed by atoms with E-state index in [1.807, 2.05) is 32.2 Å². The fraction of sp³-hybridized carbons (Fsp3) is 0.222. The number of sulfonamides is 1. The van der Waals surface area contributed by atoms with E-state index in [-0.39, 0.29) is 4.90 Å². The van der Waals surface area contributed by atoms with Crippen LogP contribution in [0.4, 0.5) is 0 Å². The lowest BCUT2D eigenvalue weighted by atomic mass is 10.1. The van der Waals surface area contributed by atoms with Gasteiger partial charge in [-0.25, -0.2) is 13.1 Å². The maximum Gasteiger partial charge on any atom is 0.240 e. The van der Waals surface area contributed by atoms with Gasteiger partial charge in [-0.3, -0.25) is 0 Å². The van der Waals surface area contributed by atoms with Gasteiger partial charge in [0.15, 0.2) is 0 Å². The molecule has 0 saturated carbocycles. The molecule has 126 valence electrons. The van der Waals surface area contributed by atoms with E-state index in [0.29, 0.717) is 18.0 Å².